The third-order valence-corrected chi connectivity index (χ3v) is 4.71. The second-order valence-electron chi connectivity index (χ2n) is 5.28. The summed E-state index contributed by atoms with van der Waals surface area (Å²) in [5, 5.41) is 10.9. The molecule has 1 atom stereocenters. The van der Waals surface area contributed by atoms with Crippen molar-refractivity contribution in [3.8, 4) is 0 Å². The monoisotopic (exact) mass is 348 g/mol. The second-order valence-corrected chi connectivity index (χ2v) is 6.32. The Balaban J connectivity index is 2.00. The van der Waals surface area contributed by atoms with Crippen LogP contribution in [-0.4, -0.2) is 28.5 Å². The molecule has 5 nitrogen and oxygen atoms in total. The maximum atomic E-state index is 12.9. The molecule has 0 aliphatic heterocycles. The molecule has 0 aliphatic carbocycles. The summed E-state index contributed by atoms with van der Waals surface area (Å²) in [5.41, 5.74) is 0.702. The summed E-state index contributed by atoms with van der Waals surface area (Å²) >= 11 is 1.32. The molecule has 0 aromatic heterocycles. The minimum absolute atomic E-state index is 0.000821. The third kappa shape index (κ3) is 4.55. The summed E-state index contributed by atoms with van der Waals surface area (Å²) in [6, 6.07) is 11.9. The molecule has 0 heterocycles. The molecule has 0 saturated carbocycles. The molecule has 0 radical (unpaired) electrons. The molecule has 0 fully saturated rings. The molecule has 0 unspecified atom stereocenters. The molecule has 2 aromatic carbocycles. The van der Waals surface area contributed by atoms with Gasteiger partial charge in [0.05, 0.1) is 16.7 Å². The zero-order chi connectivity index (χ0) is 17.7. The van der Waals surface area contributed by atoms with Gasteiger partial charge in [0.1, 0.15) is 5.82 Å². The topological polar surface area (TPSA) is 63.5 Å². The van der Waals surface area contributed by atoms with Gasteiger partial charge >= 0.3 is 0 Å². The standard InChI is InChI=1S/C17H17FN2O3S/c1-12(13-4-3-5-15(10-13)20(22)23)19(2)17(21)11-24-16-8-6-14(18)7-9-16/h3-10,12H,11H2,1-2H3/t12-/m0/s1. The average Bonchev–Trinajstić information content (AvgIpc) is 2.59. The summed E-state index contributed by atoms with van der Waals surface area (Å²) in [5.74, 6) is -0.216. The number of thioether (sulfide) groups is 1. The molecule has 24 heavy (non-hydrogen) atoms. The molecule has 0 spiro atoms. The number of hydrogen-bond donors (Lipinski definition) is 0. The van der Waals surface area contributed by atoms with Crippen molar-refractivity contribution in [3.05, 3.63) is 70.0 Å². The molecule has 1 amide bonds. The van der Waals surface area contributed by atoms with E-state index in [-0.39, 0.29) is 29.2 Å². The van der Waals surface area contributed by atoms with E-state index in [4.69, 9.17) is 0 Å². The van der Waals surface area contributed by atoms with Crippen molar-refractivity contribution in [2.45, 2.75) is 17.9 Å². The van der Waals surface area contributed by atoms with Crippen LogP contribution in [0, 0.1) is 15.9 Å². The van der Waals surface area contributed by atoms with E-state index in [2.05, 4.69) is 0 Å². The highest BCUT2D eigenvalue weighted by Crippen LogP contribution is 2.25. The van der Waals surface area contributed by atoms with Gasteiger partial charge in [0.25, 0.3) is 5.69 Å². The van der Waals surface area contributed by atoms with Gasteiger partial charge in [0, 0.05) is 24.1 Å². The number of nitrogens with zero attached hydrogens (tertiary/aromatic N) is 2. The highest BCUT2D eigenvalue weighted by molar-refractivity contribution is 8.00. The van der Waals surface area contributed by atoms with Crippen LogP contribution in [0.3, 0.4) is 0 Å². The number of carbonyl (C=O) groups is 1. The first-order valence-electron chi connectivity index (χ1n) is 7.27. The van der Waals surface area contributed by atoms with E-state index < -0.39 is 4.92 Å². The van der Waals surface area contributed by atoms with Crippen LogP contribution in [0.5, 0.6) is 0 Å². The van der Waals surface area contributed by atoms with Crippen LogP contribution in [-0.2, 0) is 4.79 Å². The predicted octanol–water partition coefficient (Wildman–Crippen LogP) is 4.05. The van der Waals surface area contributed by atoms with E-state index in [1.54, 1.807) is 36.2 Å². The van der Waals surface area contributed by atoms with Crippen LogP contribution in [0.4, 0.5) is 10.1 Å². The first kappa shape index (κ1) is 17.9. The number of amides is 1. The smallest absolute Gasteiger partial charge is 0.269 e. The number of hydrogen-bond acceptors (Lipinski definition) is 4. The molecule has 2 aromatic rings. The van der Waals surface area contributed by atoms with Gasteiger partial charge in [0.2, 0.25) is 5.91 Å². The van der Waals surface area contributed by atoms with Crippen molar-refractivity contribution < 1.29 is 14.1 Å². The van der Waals surface area contributed by atoms with Crippen molar-refractivity contribution in [1.82, 2.24) is 4.90 Å². The molecular weight excluding hydrogens is 331 g/mol. The van der Waals surface area contributed by atoms with Gasteiger partial charge in [-0.25, -0.2) is 4.39 Å². The SMILES string of the molecule is C[C@@H](c1cccc([N+](=O)[O-])c1)N(C)C(=O)CSc1ccc(F)cc1. The first-order chi connectivity index (χ1) is 11.4. The van der Waals surface area contributed by atoms with E-state index in [0.717, 1.165) is 4.90 Å². The first-order valence-corrected chi connectivity index (χ1v) is 8.25. The fraction of sp³-hybridized carbons (Fsp3) is 0.235. The van der Waals surface area contributed by atoms with Crippen molar-refractivity contribution in [3.63, 3.8) is 0 Å². The Morgan fingerprint density at radius 1 is 1.29 bits per heavy atom. The van der Waals surface area contributed by atoms with Gasteiger partial charge < -0.3 is 4.90 Å². The Labute approximate surface area is 143 Å². The van der Waals surface area contributed by atoms with Crippen molar-refractivity contribution in [2.75, 3.05) is 12.8 Å². The zero-order valence-corrected chi connectivity index (χ0v) is 14.1. The summed E-state index contributed by atoms with van der Waals surface area (Å²) in [4.78, 5) is 25.1. The van der Waals surface area contributed by atoms with E-state index in [0.29, 0.717) is 5.56 Å². The van der Waals surface area contributed by atoms with Crippen molar-refractivity contribution in [2.24, 2.45) is 0 Å². The number of nitro groups is 1. The largest absolute Gasteiger partial charge is 0.338 e. The quantitative estimate of drug-likeness (QED) is 0.449. The number of non-ortho nitro benzene ring substituents is 1. The normalized spacial score (nSPS) is 11.8. The molecule has 0 N–H and O–H groups in total. The Kier molecular flexibility index (Phi) is 5.92. The maximum absolute atomic E-state index is 12.9. The van der Waals surface area contributed by atoms with Crippen LogP contribution in [0.2, 0.25) is 0 Å². The van der Waals surface area contributed by atoms with Gasteiger partial charge in [-0.2, -0.15) is 0 Å². The highest BCUT2D eigenvalue weighted by atomic mass is 32.2. The predicted molar refractivity (Wildman–Crippen MR) is 91.4 cm³/mol. The van der Waals surface area contributed by atoms with Crippen LogP contribution in [0.25, 0.3) is 0 Å². The lowest BCUT2D eigenvalue weighted by Gasteiger charge is -2.25. The molecule has 0 bridgehead atoms. The molecule has 126 valence electrons. The van der Waals surface area contributed by atoms with E-state index in [1.165, 1.54) is 36.0 Å². The van der Waals surface area contributed by atoms with E-state index >= 15 is 0 Å². The second kappa shape index (κ2) is 7.92. The number of halogens is 1. The maximum Gasteiger partial charge on any atom is 0.269 e. The lowest BCUT2D eigenvalue weighted by atomic mass is 10.1. The Morgan fingerprint density at radius 2 is 1.96 bits per heavy atom. The summed E-state index contributed by atoms with van der Waals surface area (Å²) < 4.78 is 12.9. The van der Waals surface area contributed by atoms with Gasteiger partial charge in [-0.3, -0.25) is 14.9 Å². The third-order valence-electron chi connectivity index (χ3n) is 3.71. The highest BCUT2D eigenvalue weighted by Gasteiger charge is 2.19. The minimum atomic E-state index is -0.456. The fourth-order valence-electron chi connectivity index (χ4n) is 2.12. The number of benzene rings is 2. The molecule has 7 heteroatoms. The van der Waals surface area contributed by atoms with Crippen LogP contribution in [0.1, 0.15) is 18.5 Å². The van der Waals surface area contributed by atoms with Crippen LogP contribution < -0.4 is 0 Å². The van der Waals surface area contributed by atoms with Crippen LogP contribution >= 0.6 is 11.8 Å². The number of nitro benzene ring substituents is 1. The Bertz CT molecular complexity index is 737. The van der Waals surface area contributed by atoms with Gasteiger partial charge in [-0.15, -0.1) is 11.8 Å². The average molecular weight is 348 g/mol. The van der Waals surface area contributed by atoms with Gasteiger partial charge in [-0.05, 0) is 36.8 Å². The summed E-state index contributed by atoms with van der Waals surface area (Å²) in [6.45, 7) is 1.82. The summed E-state index contributed by atoms with van der Waals surface area (Å²) in [6.07, 6.45) is 0. The minimum Gasteiger partial charge on any atom is -0.338 e. The number of carbonyl (C=O) groups excluding carboxylic acids is 1. The molecule has 0 saturated heterocycles. The lowest BCUT2D eigenvalue weighted by molar-refractivity contribution is -0.384. The molecule has 0 aliphatic rings. The van der Waals surface area contributed by atoms with Gasteiger partial charge in [0.15, 0.2) is 0 Å². The van der Waals surface area contributed by atoms with Crippen molar-refractivity contribution >= 4 is 23.4 Å². The Hall–Kier alpha value is -2.41. The Morgan fingerprint density at radius 3 is 2.58 bits per heavy atom. The fourth-order valence-corrected chi connectivity index (χ4v) is 2.94. The van der Waals surface area contributed by atoms with Gasteiger partial charge in [-0.1, -0.05) is 12.1 Å². The van der Waals surface area contributed by atoms with Crippen LogP contribution in [0.15, 0.2) is 53.4 Å². The molecular formula is C17H17FN2O3S. The van der Waals surface area contributed by atoms with Crippen molar-refractivity contribution in [1.29, 1.82) is 0 Å². The molecule has 2 rings (SSSR count). The summed E-state index contributed by atoms with van der Waals surface area (Å²) in [7, 11) is 1.66. The number of rotatable bonds is 6. The lowest BCUT2D eigenvalue weighted by Crippen LogP contribution is -2.31. The zero-order valence-electron chi connectivity index (χ0n) is 13.3. The van der Waals surface area contributed by atoms with E-state index in [9.17, 15) is 19.3 Å². The van der Waals surface area contributed by atoms with E-state index in [1.807, 2.05) is 6.92 Å².